The average molecular weight is 469 g/mol. The fourth-order valence-electron chi connectivity index (χ4n) is 4.35. The molecule has 0 aliphatic heterocycles. The summed E-state index contributed by atoms with van der Waals surface area (Å²) >= 11 is 0. The lowest BCUT2D eigenvalue weighted by molar-refractivity contribution is -0.116. The number of anilines is 1. The molecule has 0 saturated heterocycles. The van der Waals surface area contributed by atoms with Gasteiger partial charge in [0.05, 0.1) is 29.8 Å². The third kappa shape index (κ3) is 4.57. The SMILES string of the molecule is CCn1cc(Cn2cc(NC(=O)Cn3nc(C)c4c(-c5cccc(C)c5)ccnc43)cn2)c(C)n1. The number of pyridine rings is 1. The largest absolute Gasteiger partial charge is 0.322 e. The number of carbonyl (C=O) groups excluding carboxylic acids is 1. The van der Waals surface area contributed by atoms with E-state index < -0.39 is 0 Å². The maximum absolute atomic E-state index is 12.8. The summed E-state index contributed by atoms with van der Waals surface area (Å²) in [5.41, 5.74) is 7.60. The number of benzene rings is 1. The molecule has 0 aliphatic carbocycles. The predicted octanol–water partition coefficient (Wildman–Crippen LogP) is 4.12. The number of aromatic nitrogens is 7. The van der Waals surface area contributed by atoms with E-state index in [2.05, 4.69) is 57.6 Å². The van der Waals surface area contributed by atoms with E-state index in [0.717, 1.165) is 40.0 Å². The van der Waals surface area contributed by atoms with E-state index in [0.29, 0.717) is 17.9 Å². The van der Waals surface area contributed by atoms with E-state index in [1.165, 1.54) is 5.56 Å². The molecule has 4 heterocycles. The highest BCUT2D eigenvalue weighted by molar-refractivity contribution is 5.96. The summed E-state index contributed by atoms with van der Waals surface area (Å²) in [6, 6.07) is 10.3. The van der Waals surface area contributed by atoms with Gasteiger partial charge in [0.1, 0.15) is 6.54 Å². The fraction of sp³-hybridized carbons (Fsp3) is 0.269. The molecule has 1 N–H and O–H groups in total. The molecule has 1 amide bonds. The number of hydrogen-bond acceptors (Lipinski definition) is 5. The van der Waals surface area contributed by atoms with E-state index in [-0.39, 0.29) is 12.5 Å². The summed E-state index contributed by atoms with van der Waals surface area (Å²) in [6.45, 7) is 9.54. The molecule has 0 fully saturated rings. The summed E-state index contributed by atoms with van der Waals surface area (Å²) in [4.78, 5) is 17.4. The molecule has 35 heavy (non-hydrogen) atoms. The Labute approximate surface area is 203 Å². The van der Waals surface area contributed by atoms with Gasteiger partial charge in [-0.05, 0) is 44.9 Å². The molecule has 0 aliphatic rings. The molecule has 0 unspecified atom stereocenters. The van der Waals surface area contributed by atoms with Crippen LogP contribution in [0.25, 0.3) is 22.2 Å². The van der Waals surface area contributed by atoms with Crippen molar-refractivity contribution in [2.45, 2.75) is 47.3 Å². The molecule has 178 valence electrons. The first-order valence-corrected chi connectivity index (χ1v) is 11.7. The second-order valence-corrected chi connectivity index (χ2v) is 8.74. The summed E-state index contributed by atoms with van der Waals surface area (Å²) < 4.78 is 5.36. The summed E-state index contributed by atoms with van der Waals surface area (Å²) in [6.07, 6.45) is 7.26. The Morgan fingerprint density at radius 1 is 1.03 bits per heavy atom. The quantitative estimate of drug-likeness (QED) is 0.388. The number of fused-ring (bicyclic) bond motifs is 1. The van der Waals surface area contributed by atoms with Gasteiger partial charge < -0.3 is 5.32 Å². The number of hydrogen-bond donors (Lipinski definition) is 1. The molecule has 0 atom stereocenters. The van der Waals surface area contributed by atoms with Crippen molar-refractivity contribution in [3.05, 3.63) is 77.6 Å². The smallest absolute Gasteiger partial charge is 0.246 e. The van der Waals surface area contributed by atoms with Crippen molar-refractivity contribution in [2.75, 3.05) is 5.32 Å². The first-order valence-electron chi connectivity index (χ1n) is 11.7. The minimum absolute atomic E-state index is 0.0577. The van der Waals surface area contributed by atoms with Gasteiger partial charge in [-0.25, -0.2) is 9.67 Å². The lowest BCUT2D eigenvalue weighted by atomic mass is 10.0. The summed E-state index contributed by atoms with van der Waals surface area (Å²) in [5.74, 6) is -0.188. The summed E-state index contributed by atoms with van der Waals surface area (Å²) in [5, 5.41) is 17.4. The number of nitrogens with one attached hydrogen (secondary N) is 1. The van der Waals surface area contributed by atoms with Crippen molar-refractivity contribution in [1.82, 2.24) is 34.3 Å². The van der Waals surface area contributed by atoms with Crippen LogP contribution in [0.1, 0.15) is 29.4 Å². The Hall–Kier alpha value is -4.27. The molecule has 4 aromatic heterocycles. The number of nitrogens with zero attached hydrogens (tertiary/aromatic N) is 7. The molecule has 0 saturated carbocycles. The molecule has 5 rings (SSSR count). The van der Waals surface area contributed by atoms with E-state index in [1.54, 1.807) is 21.8 Å². The normalized spacial score (nSPS) is 11.3. The zero-order valence-corrected chi connectivity index (χ0v) is 20.4. The Bertz CT molecular complexity index is 1520. The van der Waals surface area contributed by atoms with Gasteiger partial charge >= 0.3 is 0 Å². The van der Waals surface area contributed by atoms with Gasteiger partial charge in [0.15, 0.2) is 5.65 Å². The van der Waals surface area contributed by atoms with Crippen LogP contribution in [-0.2, 0) is 24.4 Å². The number of rotatable bonds is 7. The highest BCUT2D eigenvalue weighted by atomic mass is 16.2. The maximum Gasteiger partial charge on any atom is 0.246 e. The Kier molecular flexibility index (Phi) is 5.90. The lowest BCUT2D eigenvalue weighted by Crippen LogP contribution is -2.19. The van der Waals surface area contributed by atoms with Crippen LogP contribution in [-0.4, -0.2) is 40.2 Å². The van der Waals surface area contributed by atoms with Crippen LogP contribution in [0.5, 0.6) is 0 Å². The minimum Gasteiger partial charge on any atom is -0.322 e. The van der Waals surface area contributed by atoms with E-state index in [1.807, 2.05) is 43.1 Å². The third-order valence-corrected chi connectivity index (χ3v) is 6.05. The molecule has 9 nitrogen and oxygen atoms in total. The molecular weight excluding hydrogens is 440 g/mol. The molecule has 0 radical (unpaired) electrons. The second-order valence-electron chi connectivity index (χ2n) is 8.74. The van der Waals surface area contributed by atoms with Gasteiger partial charge in [0, 0.05) is 36.1 Å². The van der Waals surface area contributed by atoms with Crippen molar-refractivity contribution in [2.24, 2.45) is 0 Å². The number of aryl methyl sites for hydroxylation is 4. The number of amides is 1. The Balaban J connectivity index is 1.33. The van der Waals surface area contributed by atoms with Crippen molar-refractivity contribution in [3.63, 3.8) is 0 Å². The zero-order chi connectivity index (χ0) is 24.5. The highest BCUT2D eigenvalue weighted by Gasteiger charge is 2.16. The van der Waals surface area contributed by atoms with Gasteiger partial charge in [-0.2, -0.15) is 15.3 Å². The fourth-order valence-corrected chi connectivity index (χ4v) is 4.35. The molecule has 0 spiro atoms. The molecule has 5 aromatic rings. The predicted molar refractivity (Wildman–Crippen MR) is 135 cm³/mol. The Morgan fingerprint density at radius 2 is 1.89 bits per heavy atom. The monoisotopic (exact) mass is 468 g/mol. The first kappa shape index (κ1) is 22.5. The highest BCUT2D eigenvalue weighted by Crippen LogP contribution is 2.30. The first-order chi connectivity index (χ1) is 16.9. The topological polar surface area (TPSA) is 95.5 Å². The van der Waals surface area contributed by atoms with E-state index in [4.69, 9.17) is 0 Å². The van der Waals surface area contributed by atoms with Crippen LogP contribution >= 0.6 is 0 Å². The van der Waals surface area contributed by atoms with Crippen molar-refractivity contribution in [3.8, 4) is 11.1 Å². The van der Waals surface area contributed by atoms with Crippen LogP contribution in [0.15, 0.2) is 55.1 Å². The Morgan fingerprint density at radius 3 is 2.66 bits per heavy atom. The van der Waals surface area contributed by atoms with Crippen molar-refractivity contribution in [1.29, 1.82) is 0 Å². The molecule has 9 heteroatoms. The summed E-state index contributed by atoms with van der Waals surface area (Å²) in [7, 11) is 0. The minimum atomic E-state index is -0.188. The van der Waals surface area contributed by atoms with Gasteiger partial charge in [0.25, 0.3) is 0 Å². The van der Waals surface area contributed by atoms with E-state index in [9.17, 15) is 4.79 Å². The van der Waals surface area contributed by atoms with Gasteiger partial charge in [0.2, 0.25) is 5.91 Å². The average Bonchev–Trinajstić information content (AvgIpc) is 3.52. The van der Waals surface area contributed by atoms with Gasteiger partial charge in [-0.3, -0.25) is 14.2 Å². The second kappa shape index (κ2) is 9.17. The third-order valence-electron chi connectivity index (χ3n) is 6.05. The van der Waals surface area contributed by atoms with E-state index >= 15 is 0 Å². The van der Waals surface area contributed by atoms with Crippen LogP contribution in [0.4, 0.5) is 5.69 Å². The van der Waals surface area contributed by atoms with Crippen LogP contribution in [0.2, 0.25) is 0 Å². The van der Waals surface area contributed by atoms with Gasteiger partial charge in [-0.15, -0.1) is 0 Å². The van der Waals surface area contributed by atoms with Crippen LogP contribution in [0, 0.1) is 20.8 Å². The van der Waals surface area contributed by atoms with Crippen molar-refractivity contribution >= 4 is 22.6 Å². The van der Waals surface area contributed by atoms with Crippen LogP contribution in [0.3, 0.4) is 0 Å². The zero-order valence-electron chi connectivity index (χ0n) is 20.4. The van der Waals surface area contributed by atoms with Gasteiger partial charge in [-0.1, -0.05) is 29.8 Å². The lowest BCUT2D eigenvalue weighted by Gasteiger charge is -2.06. The number of carbonyl (C=O) groups is 1. The molecule has 0 bridgehead atoms. The van der Waals surface area contributed by atoms with Crippen molar-refractivity contribution < 1.29 is 4.79 Å². The molecular formula is C26H28N8O. The van der Waals surface area contributed by atoms with Crippen LogP contribution < -0.4 is 5.32 Å². The standard InChI is InChI=1S/C26H28N8O/c1-5-32-13-21(18(3)30-32)14-33-15-22(12-28-33)29-24(35)16-34-26-25(19(4)31-34)23(9-10-27-26)20-8-6-7-17(2)11-20/h6-13,15H,5,14,16H2,1-4H3,(H,29,35). The maximum atomic E-state index is 12.8. The molecule has 1 aromatic carbocycles.